The van der Waals surface area contributed by atoms with Crippen molar-refractivity contribution < 1.29 is 9.53 Å². The van der Waals surface area contributed by atoms with E-state index >= 15 is 0 Å². The highest BCUT2D eigenvalue weighted by atomic mass is 35.5. The number of nitrogens with one attached hydrogen (secondary N) is 2. The molecular formula is C24H25ClN6O2. The minimum Gasteiger partial charge on any atom is -0.379 e. The lowest BCUT2D eigenvalue weighted by Gasteiger charge is -2.53. The maximum atomic E-state index is 11.9. The number of aromatic amines is 1. The van der Waals surface area contributed by atoms with Crippen LogP contribution >= 0.6 is 11.6 Å². The molecule has 4 atom stereocenters. The van der Waals surface area contributed by atoms with Gasteiger partial charge in [0.2, 0.25) is 5.91 Å². The minimum absolute atomic E-state index is 0.0770. The van der Waals surface area contributed by atoms with Gasteiger partial charge in [-0.1, -0.05) is 48.0 Å². The van der Waals surface area contributed by atoms with Crippen LogP contribution in [0.2, 0.25) is 5.02 Å². The number of carbonyl (C=O) groups is 1. The summed E-state index contributed by atoms with van der Waals surface area (Å²) in [6, 6.07) is 8.33. The Morgan fingerprint density at radius 1 is 1.21 bits per heavy atom. The molecule has 1 saturated carbocycles. The number of benzene rings is 1. The average Bonchev–Trinajstić information content (AvgIpc) is 3.23. The summed E-state index contributed by atoms with van der Waals surface area (Å²) >= 11 is 6.51. The van der Waals surface area contributed by atoms with Crippen molar-refractivity contribution in [2.24, 2.45) is 23.5 Å². The lowest BCUT2D eigenvalue weighted by atomic mass is 9.54. The summed E-state index contributed by atoms with van der Waals surface area (Å²) in [5, 5.41) is 3.94. The summed E-state index contributed by atoms with van der Waals surface area (Å²) in [6.07, 6.45) is 5.76. The number of nitrogens with zero attached hydrogens (tertiary/aromatic N) is 3. The van der Waals surface area contributed by atoms with Gasteiger partial charge < -0.3 is 20.8 Å². The van der Waals surface area contributed by atoms with Gasteiger partial charge in [-0.15, -0.1) is 0 Å². The molecule has 9 heteroatoms. The molecule has 0 spiro atoms. The smallest absolute Gasteiger partial charge is 0.223 e. The number of anilines is 1. The van der Waals surface area contributed by atoms with Crippen LogP contribution in [0, 0.1) is 17.8 Å². The summed E-state index contributed by atoms with van der Waals surface area (Å²) < 4.78 is 5.43. The van der Waals surface area contributed by atoms with Gasteiger partial charge in [-0.25, -0.2) is 9.97 Å². The molecule has 1 saturated heterocycles. The molecule has 3 aliphatic rings. The van der Waals surface area contributed by atoms with Crippen LogP contribution in [-0.4, -0.2) is 58.1 Å². The quantitative estimate of drug-likeness (QED) is 0.484. The fourth-order valence-electron chi connectivity index (χ4n) is 5.14. The number of primary amides is 1. The van der Waals surface area contributed by atoms with Crippen LogP contribution in [0.25, 0.3) is 22.6 Å². The number of hydrogen-bond acceptors (Lipinski definition) is 6. The molecule has 1 unspecified atom stereocenters. The van der Waals surface area contributed by atoms with Gasteiger partial charge in [-0.05, 0) is 11.5 Å². The Bertz CT molecular complexity index is 1230. The summed E-state index contributed by atoms with van der Waals surface area (Å²) in [5.74, 6) is 0.720. The lowest BCUT2D eigenvalue weighted by Crippen LogP contribution is -2.61. The molecule has 170 valence electrons. The fraction of sp³-hybridized carbons (Fsp3) is 0.375. The Labute approximate surface area is 196 Å². The number of ether oxygens (including phenoxy) is 1. The molecule has 8 nitrogen and oxygen atoms in total. The van der Waals surface area contributed by atoms with Crippen molar-refractivity contribution in [1.82, 2.24) is 19.9 Å². The number of H-pyrrole nitrogens is 1. The number of halogens is 1. The predicted molar refractivity (Wildman–Crippen MR) is 127 cm³/mol. The third-order valence-electron chi connectivity index (χ3n) is 7.07. The molecule has 2 aliphatic carbocycles. The van der Waals surface area contributed by atoms with E-state index < -0.39 is 0 Å². The van der Waals surface area contributed by atoms with Gasteiger partial charge in [0.1, 0.15) is 11.3 Å². The summed E-state index contributed by atoms with van der Waals surface area (Å²) in [7, 11) is 0. The van der Waals surface area contributed by atoms with E-state index in [0.717, 1.165) is 49.8 Å². The predicted octanol–water partition coefficient (Wildman–Crippen LogP) is 2.81. The minimum atomic E-state index is -0.290. The molecule has 1 aliphatic heterocycles. The first kappa shape index (κ1) is 20.7. The van der Waals surface area contributed by atoms with Crippen LogP contribution < -0.4 is 11.1 Å². The number of nitrogens with two attached hydrogens (primary N) is 1. The Kier molecular flexibility index (Phi) is 5.09. The van der Waals surface area contributed by atoms with Crippen LogP contribution in [-0.2, 0) is 16.1 Å². The first-order valence-corrected chi connectivity index (χ1v) is 11.6. The Morgan fingerprint density at radius 2 is 1.97 bits per heavy atom. The fourth-order valence-corrected chi connectivity index (χ4v) is 5.33. The maximum absolute atomic E-state index is 11.9. The van der Waals surface area contributed by atoms with Crippen molar-refractivity contribution >= 4 is 34.4 Å². The summed E-state index contributed by atoms with van der Waals surface area (Å²) in [5.41, 5.74) is 9.88. The molecule has 0 bridgehead atoms. The Hall–Kier alpha value is -2.94. The first-order chi connectivity index (χ1) is 16.1. The third-order valence-corrected chi connectivity index (χ3v) is 7.35. The average molecular weight is 465 g/mol. The van der Waals surface area contributed by atoms with Gasteiger partial charge in [0.15, 0.2) is 5.65 Å². The highest BCUT2D eigenvalue weighted by molar-refractivity contribution is 6.34. The maximum Gasteiger partial charge on any atom is 0.223 e. The van der Waals surface area contributed by atoms with Crippen molar-refractivity contribution in [3.8, 4) is 11.4 Å². The van der Waals surface area contributed by atoms with Crippen molar-refractivity contribution in [3.63, 3.8) is 0 Å². The number of pyridine rings is 1. The van der Waals surface area contributed by atoms with Crippen LogP contribution in [0.5, 0.6) is 0 Å². The largest absolute Gasteiger partial charge is 0.379 e. The van der Waals surface area contributed by atoms with Crippen molar-refractivity contribution in [3.05, 3.63) is 53.2 Å². The van der Waals surface area contributed by atoms with E-state index in [4.69, 9.17) is 22.1 Å². The zero-order valence-corrected chi connectivity index (χ0v) is 18.8. The number of morpholine rings is 1. The van der Waals surface area contributed by atoms with E-state index in [2.05, 4.69) is 61.6 Å². The normalized spacial score (nSPS) is 26.5. The molecule has 2 fully saturated rings. The van der Waals surface area contributed by atoms with E-state index in [0.29, 0.717) is 22.3 Å². The second-order valence-corrected chi connectivity index (χ2v) is 9.40. The second-order valence-electron chi connectivity index (χ2n) is 8.99. The van der Waals surface area contributed by atoms with Gasteiger partial charge in [0.25, 0.3) is 0 Å². The monoisotopic (exact) mass is 464 g/mol. The van der Waals surface area contributed by atoms with Gasteiger partial charge in [-0.2, -0.15) is 0 Å². The number of hydrogen-bond donors (Lipinski definition) is 3. The van der Waals surface area contributed by atoms with Gasteiger partial charge in [0.05, 0.1) is 36.0 Å². The van der Waals surface area contributed by atoms with E-state index in [-0.39, 0.29) is 23.8 Å². The van der Waals surface area contributed by atoms with E-state index in [1.165, 1.54) is 5.56 Å². The molecule has 0 radical (unpaired) electrons. The number of imidazole rings is 1. The Morgan fingerprint density at radius 3 is 2.67 bits per heavy atom. The van der Waals surface area contributed by atoms with Crippen LogP contribution in [0.3, 0.4) is 0 Å². The van der Waals surface area contributed by atoms with Gasteiger partial charge >= 0.3 is 0 Å². The molecule has 1 aromatic carbocycles. The third kappa shape index (κ3) is 3.58. The highest BCUT2D eigenvalue weighted by Crippen LogP contribution is 2.50. The van der Waals surface area contributed by atoms with E-state index in [1.54, 1.807) is 6.20 Å². The topological polar surface area (TPSA) is 109 Å². The Balaban J connectivity index is 1.25. The zero-order valence-electron chi connectivity index (χ0n) is 18.0. The van der Waals surface area contributed by atoms with Crippen molar-refractivity contribution in [1.29, 1.82) is 0 Å². The number of carbonyl (C=O) groups excluding carboxylic acids is 1. The number of rotatable bonds is 6. The second kappa shape index (κ2) is 8.13. The first-order valence-electron chi connectivity index (χ1n) is 11.3. The highest BCUT2D eigenvalue weighted by Gasteiger charge is 2.54. The molecule has 33 heavy (non-hydrogen) atoms. The molecule has 3 aromatic rings. The van der Waals surface area contributed by atoms with Crippen LogP contribution in [0.1, 0.15) is 5.56 Å². The summed E-state index contributed by atoms with van der Waals surface area (Å²) in [6.45, 7) is 4.42. The SMILES string of the molecule is NC(=O)[C@H]1C2C=C[C@@H]2[C@H]1Nc1c(Cl)cnc2nc(-c3ccc(CN4CCOCC4)cc3)[nH]c12. The molecular weight excluding hydrogens is 440 g/mol. The molecule has 4 N–H and O–H groups in total. The number of fused-ring (bicyclic) bond motifs is 2. The molecule has 6 rings (SSSR count). The number of aromatic nitrogens is 3. The number of allylic oxidation sites excluding steroid dienone is 1. The van der Waals surface area contributed by atoms with E-state index in [9.17, 15) is 4.79 Å². The van der Waals surface area contributed by atoms with Crippen molar-refractivity contribution in [2.75, 3.05) is 31.6 Å². The van der Waals surface area contributed by atoms with Gasteiger partial charge in [-0.3, -0.25) is 9.69 Å². The van der Waals surface area contributed by atoms with Crippen molar-refractivity contribution in [2.45, 2.75) is 12.6 Å². The lowest BCUT2D eigenvalue weighted by molar-refractivity contribution is -0.129. The molecule has 2 aromatic heterocycles. The van der Waals surface area contributed by atoms with Crippen LogP contribution in [0.15, 0.2) is 42.6 Å². The summed E-state index contributed by atoms with van der Waals surface area (Å²) in [4.78, 5) is 26.8. The van der Waals surface area contributed by atoms with Crippen LogP contribution in [0.4, 0.5) is 5.69 Å². The molecule has 3 heterocycles. The number of amides is 1. The van der Waals surface area contributed by atoms with E-state index in [1.807, 2.05) is 0 Å². The standard InChI is InChI=1S/C24H25ClN6O2/c25-17-11-27-24-21(20(17)28-19-16-6-5-15(16)18(19)22(26)32)29-23(30-24)14-3-1-13(2-4-14)12-31-7-9-33-10-8-31/h1-6,11,15-16,18-19H,7-10,12H2,(H2,26,32)(H2,27,28,29,30)/t15?,16-,18-,19+/m0/s1. The molecule has 1 amide bonds. The van der Waals surface area contributed by atoms with Gasteiger partial charge in [0, 0.05) is 37.2 Å². The zero-order chi connectivity index (χ0) is 22.5.